The van der Waals surface area contributed by atoms with Gasteiger partial charge in [-0.3, -0.25) is 4.79 Å². The summed E-state index contributed by atoms with van der Waals surface area (Å²) in [6.45, 7) is 0.440. The van der Waals surface area contributed by atoms with Crippen LogP contribution in [-0.4, -0.2) is 19.7 Å². The molecule has 0 heterocycles. The Balaban J connectivity index is 1.46. The summed E-state index contributed by atoms with van der Waals surface area (Å²) < 4.78 is 16.9. The first-order valence-corrected chi connectivity index (χ1v) is 9.77. The Morgan fingerprint density at radius 1 is 0.893 bits per heavy atom. The van der Waals surface area contributed by atoms with E-state index in [-0.39, 0.29) is 12.4 Å². The van der Waals surface area contributed by atoms with Gasteiger partial charge >= 0.3 is 5.97 Å². The van der Waals surface area contributed by atoms with E-state index < -0.39 is 0 Å². The third-order valence-corrected chi connectivity index (χ3v) is 4.74. The number of ether oxygens (including phenoxy) is 3. The van der Waals surface area contributed by atoms with Gasteiger partial charge in [-0.05, 0) is 69.9 Å². The maximum Gasteiger partial charge on any atom is 0.311 e. The summed E-state index contributed by atoms with van der Waals surface area (Å²) in [7, 11) is 1.62. The van der Waals surface area contributed by atoms with Crippen molar-refractivity contribution in [3.63, 3.8) is 0 Å². The number of halogens is 1. The molecule has 0 bridgehead atoms. The van der Waals surface area contributed by atoms with E-state index in [4.69, 9.17) is 14.2 Å². The van der Waals surface area contributed by atoms with Crippen molar-refractivity contribution in [3.8, 4) is 28.4 Å². The number of carbonyl (C=O) groups is 1. The Morgan fingerprint density at radius 3 is 2.29 bits per heavy atom. The maximum atomic E-state index is 12.1. The Labute approximate surface area is 173 Å². The van der Waals surface area contributed by atoms with E-state index in [0.29, 0.717) is 18.8 Å². The molecule has 28 heavy (non-hydrogen) atoms. The fraction of sp³-hybridized carbons (Fsp3) is 0.174. The molecule has 0 fully saturated rings. The molecule has 5 heteroatoms. The van der Waals surface area contributed by atoms with Crippen LogP contribution in [0.3, 0.4) is 0 Å². The summed E-state index contributed by atoms with van der Waals surface area (Å²) in [6.07, 6.45) is 0.855. The zero-order valence-corrected chi connectivity index (χ0v) is 17.1. The van der Waals surface area contributed by atoms with Crippen LogP contribution in [0.1, 0.15) is 12.8 Å². The van der Waals surface area contributed by atoms with E-state index >= 15 is 0 Å². The molecule has 0 N–H and O–H groups in total. The fourth-order valence-electron chi connectivity index (χ4n) is 2.65. The highest BCUT2D eigenvalue weighted by Crippen LogP contribution is 2.31. The van der Waals surface area contributed by atoms with Crippen LogP contribution in [0.25, 0.3) is 11.1 Å². The average Bonchev–Trinajstić information content (AvgIpc) is 2.74. The lowest BCUT2D eigenvalue weighted by atomic mass is 10.1. The second-order valence-electron chi connectivity index (χ2n) is 6.11. The quantitative estimate of drug-likeness (QED) is 0.249. The molecule has 0 atom stereocenters. The van der Waals surface area contributed by atoms with Gasteiger partial charge < -0.3 is 14.2 Å². The predicted molar refractivity (Wildman–Crippen MR) is 113 cm³/mol. The van der Waals surface area contributed by atoms with Crippen molar-refractivity contribution in [2.75, 3.05) is 13.7 Å². The molecule has 0 spiro atoms. The predicted octanol–water partition coefficient (Wildman–Crippen LogP) is 5.89. The van der Waals surface area contributed by atoms with E-state index in [0.717, 1.165) is 27.1 Å². The van der Waals surface area contributed by atoms with Gasteiger partial charge in [-0.15, -0.1) is 0 Å². The first-order valence-electron chi connectivity index (χ1n) is 8.98. The summed E-state index contributed by atoms with van der Waals surface area (Å²) in [5.74, 6) is 1.75. The molecule has 0 amide bonds. The van der Waals surface area contributed by atoms with Gasteiger partial charge in [0.15, 0.2) is 0 Å². The van der Waals surface area contributed by atoms with Crippen LogP contribution >= 0.6 is 15.9 Å². The van der Waals surface area contributed by atoms with Crippen molar-refractivity contribution in [3.05, 3.63) is 77.3 Å². The molecule has 0 aromatic heterocycles. The first kappa shape index (κ1) is 20.0. The Hall–Kier alpha value is -2.79. The molecular weight excluding hydrogens is 420 g/mol. The molecule has 0 aliphatic carbocycles. The van der Waals surface area contributed by atoms with Gasteiger partial charge in [0.05, 0.1) is 18.2 Å². The van der Waals surface area contributed by atoms with Crippen molar-refractivity contribution < 1.29 is 19.0 Å². The SMILES string of the molecule is COc1ccc(OCCCC(=O)Oc2ccc(-c3ccccc3)cc2Br)cc1. The number of hydrogen-bond acceptors (Lipinski definition) is 4. The van der Waals surface area contributed by atoms with Crippen molar-refractivity contribution in [2.24, 2.45) is 0 Å². The normalized spacial score (nSPS) is 10.4. The highest BCUT2D eigenvalue weighted by molar-refractivity contribution is 9.10. The summed E-state index contributed by atoms with van der Waals surface area (Å²) in [4.78, 5) is 12.1. The molecule has 3 aromatic carbocycles. The molecule has 144 valence electrons. The Bertz CT molecular complexity index is 908. The van der Waals surface area contributed by atoms with E-state index in [2.05, 4.69) is 15.9 Å². The second-order valence-corrected chi connectivity index (χ2v) is 6.97. The van der Waals surface area contributed by atoms with Crippen LogP contribution in [0.4, 0.5) is 0 Å². The summed E-state index contributed by atoms with van der Waals surface area (Å²) >= 11 is 3.48. The van der Waals surface area contributed by atoms with Crippen LogP contribution in [0.5, 0.6) is 17.2 Å². The zero-order valence-electron chi connectivity index (χ0n) is 15.6. The third-order valence-electron chi connectivity index (χ3n) is 4.12. The minimum atomic E-state index is -0.286. The molecule has 0 aliphatic heterocycles. The third kappa shape index (κ3) is 5.60. The molecule has 0 radical (unpaired) electrons. The number of rotatable bonds is 8. The molecule has 0 saturated heterocycles. The van der Waals surface area contributed by atoms with Gasteiger partial charge in [0.2, 0.25) is 0 Å². The number of benzene rings is 3. The van der Waals surface area contributed by atoms with Crippen molar-refractivity contribution in [2.45, 2.75) is 12.8 Å². The number of carbonyl (C=O) groups excluding carboxylic acids is 1. The number of hydrogen-bond donors (Lipinski definition) is 0. The smallest absolute Gasteiger partial charge is 0.311 e. The molecule has 3 rings (SSSR count). The van der Waals surface area contributed by atoms with Crippen LogP contribution in [0.2, 0.25) is 0 Å². The second kappa shape index (κ2) is 9.95. The van der Waals surface area contributed by atoms with Gasteiger partial charge in [-0.1, -0.05) is 36.4 Å². The van der Waals surface area contributed by atoms with Crippen molar-refractivity contribution in [1.82, 2.24) is 0 Å². The summed E-state index contributed by atoms with van der Waals surface area (Å²) in [6, 6.07) is 23.1. The van der Waals surface area contributed by atoms with E-state index in [9.17, 15) is 4.79 Å². The number of esters is 1. The van der Waals surface area contributed by atoms with Crippen molar-refractivity contribution in [1.29, 1.82) is 0 Å². The highest BCUT2D eigenvalue weighted by Gasteiger charge is 2.10. The van der Waals surface area contributed by atoms with Gasteiger partial charge in [0.25, 0.3) is 0 Å². The van der Waals surface area contributed by atoms with Gasteiger partial charge in [0, 0.05) is 6.42 Å². The van der Waals surface area contributed by atoms with Gasteiger partial charge in [0.1, 0.15) is 17.2 Å². The maximum absolute atomic E-state index is 12.1. The van der Waals surface area contributed by atoms with Gasteiger partial charge in [-0.25, -0.2) is 0 Å². The van der Waals surface area contributed by atoms with Crippen LogP contribution < -0.4 is 14.2 Å². The van der Waals surface area contributed by atoms with Crippen LogP contribution in [0.15, 0.2) is 77.3 Å². The van der Waals surface area contributed by atoms with E-state index in [1.807, 2.05) is 66.7 Å². The molecule has 0 saturated carbocycles. The van der Waals surface area contributed by atoms with E-state index in [1.165, 1.54) is 0 Å². The van der Waals surface area contributed by atoms with Crippen LogP contribution in [-0.2, 0) is 4.79 Å². The Morgan fingerprint density at radius 2 is 1.61 bits per heavy atom. The minimum absolute atomic E-state index is 0.281. The number of methoxy groups -OCH3 is 1. The largest absolute Gasteiger partial charge is 0.497 e. The lowest BCUT2D eigenvalue weighted by Gasteiger charge is -2.09. The molecule has 3 aromatic rings. The lowest BCUT2D eigenvalue weighted by Crippen LogP contribution is -2.10. The summed E-state index contributed by atoms with van der Waals surface area (Å²) in [5, 5.41) is 0. The summed E-state index contributed by atoms with van der Waals surface area (Å²) in [5.41, 5.74) is 2.16. The topological polar surface area (TPSA) is 44.8 Å². The molecule has 4 nitrogen and oxygen atoms in total. The van der Waals surface area contributed by atoms with Crippen LogP contribution in [0, 0.1) is 0 Å². The highest BCUT2D eigenvalue weighted by atomic mass is 79.9. The Kier molecular flexibility index (Phi) is 7.09. The van der Waals surface area contributed by atoms with E-state index in [1.54, 1.807) is 13.2 Å². The average molecular weight is 441 g/mol. The standard InChI is InChI=1S/C23H21BrO4/c1-26-19-10-12-20(13-11-19)27-15-5-8-23(25)28-22-14-9-18(16-21(22)24)17-6-3-2-4-7-17/h2-4,6-7,9-14,16H,5,8,15H2,1H3. The molecular formula is C23H21BrO4. The monoisotopic (exact) mass is 440 g/mol. The first-order chi connectivity index (χ1) is 13.7. The van der Waals surface area contributed by atoms with Crippen molar-refractivity contribution >= 4 is 21.9 Å². The fourth-order valence-corrected chi connectivity index (χ4v) is 3.11. The van der Waals surface area contributed by atoms with Gasteiger partial charge in [-0.2, -0.15) is 0 Å². The lowest BCUT2D eigenvalue weighted by molar-refractivity contribution is -0.134. The zero-order chi connectivity index (χ0) is 19.8. The minimum Gasteiger partial charge on any atom is -0.497 e. The molecule has 0 aliphatic rings. The molecule has 0 unspecified atom stereocenters.